The third kappa shape index (κ3) is 2.55. The van der Waals surface area contributed by atoms with Crippen LogP contribution >= 0.6 is 11.3 Å². The maximum atomic E-state index is 11.5. The summed E-state index contributed by atoms with van der Waals surface area (Å²) in [5.74, 6) is 0.0479. The van der Waals surface area contributed by atoms with Gasteiger partial charge in [0.2, 0.25) is 5.91 Å². The second kappa shape index (κ2) is 4.33. The van der Waals surface area contributed by atoms with Crippen molar-refractivity contribution in [2.24, 2.45) is 0 Å². The molecule has 0 aliphatic heterocycles. The van der Waals surface area contributed by atoms with E-state index >= 15 is 0 Å². The van der Waals surface area contributed by atoms with Gasteiger partial charge in [-0.15, -0.1) is 0 Å². The van der Waals surface area contributed by atoms with Crippen molar-refractivity contribution >= 4 is 32.6 Å². The Morgan fingerprint density at radius 1 is 1.41 bits per heavy atom. The zero-order chi connectivity index (χ0) is 11.7. The van der Waals surface area contributed by atoms with Gasteiger partial charge in [0.05, 0.1) is 16.8 Å². The van der Waals surface area contributed by atoms with Crippen LogP contribution in [0.2, 0.25) is 0 Å². The van der Waals surface area contributed by atoms with Gasteiger partial charge in [-0.2, -0.15) is 0 Å². The van der Waals surface area contributed by atoms with Gasteiger partial charge in [0.25, 0.3) is 0 Å². The van der Waals surface area contributed by atoms with Crippen LogP contribution in [0.1, 0.15) is 12.8 Å². The molecule has 0 bridgehead atoms. The van der Waals surface area contributed by atoms with Gasteiger partial charge in [0, 0.05) is 6.04 Å². The lowest BCUT2D eigenvalue weighted by Gasteiger charge is -2.03. The quantitative estimate of drug-likeness (QED) is 0.868. The summed E-state index contributed by atoms with van der Waals surface area (Å²) < 4.78 is 1.14. The molecule has 1 fully saturated rings. The molecule has 0 radical (unpaired) electrons. The molecule has 1 aliphatic carbocycles. The zero-order valence-electron chi connectivity index (χ0n) is 9.27. The van der Waals surface area contributed by atoms with E-state index in [9.17, 15) is 4.79 Å². The lowest BCUT2D eigenvalue weighted by molar-refractivity contribution is -0.119. The Hall–Kier alpha value is -1.62. The molecule has 2 N–H and O–H groups in total. The van der Waals surface area contributed by atoms with Gasteiger partial charge < -0.3 is 10.6 Å². The number of thiazole rings is 1. The molecular weight excluding hydrogens is 234 g/mol. The molecule has 1 heterocycles. The first-order chi connectivity index (χ1) is 8.31. The summed E-state index contributed by atoms with van der Waals surface area (Å²) in [5.41, 5.74) is 0.975. The summed E-state index contributed by atoms with van der Waals surface area (Å²) in [6, 6.07) is 8.37. The monoisotopic (exact) mass is 247 g/mol. The number of aromatic nitrogens is 1. The van der Waals surface area contributed by atoms with Crippen LogP contribution in [0.25, 0.3) is 10.2 Å². The molecule has 17 heavy (non-hydrogen) atoms. The average Bonchev–Trinajstić information content (AvgIpc) is 3.03. The minimum Gasteiger partial charge on any atom is -0.352 e. The van der Waals surface area contributed by atoms with Crippen LogP contribution in [-0.2, 0) is 4.79 Å². The summed E-state index contributed by atoms with van der Waals surface area (Å²) >= 11 is 1.57. The number of nitrogens with zero attached hydrogens (tertiary/aromatic N) is 1. The van der Waals surface area contributed by atoms with Gasteiger partial charge in [-0.05, 0) is 25.0 Å². The molecule has 0 saturated heterocycles. The third-order valence-corrected chi connectivity index (χ3v) is 3.63. The van der Waals surface area contributed by atoms with Gasteiger partial charge in [-0.1, -0.05) is 23.5 Å². The van der Waals surface area contributed by atoms with Gasteiger partial charge in [0.15, 0.2) is 5.13 Å². The lowest BCUT2D eigenvalue weighted by atomic mass is 10.3. The minimum absolute atomic E-state index is 0.0479. The number of para-hydroxylation sites is 1. The fourth-order valence-corrected chi connectivity index (χ4v) is 2.47. The van der Waals surface area contributed by atoms with Gasteiger partial charge in [-0.3, -0.25) is 4.79 Å². The van der Waals surface area contributed by atoms with Crippen molar-refractivity contribution in [2.75, 3.05) is 11.9 Å². The Bertz CT molecular complexity index is 514. The highest BCUT2D eigenvalue weighted by molar-refractivity contribution is 7.22. The van der Waals surface area contributed by atoms with E-state index in [1.165, 1.54) is 0 Å². The normalized spacial score (nSPS) is 14.8. The summed E-state index contributed by atoms with van der Waals surface area (Å²) in [6.45, 7) is 0.302. The third-order valence-electron chi connectivity index (χ3n) is 2.64. The van der Waals surface area contributed by atoms with Crippen LogP contribution < -0.4 is 10.6 Å². The van der Waals surface area contributed by atoms with Crippen molar-refractivity contribution in [2.45, 2.75) is 18.9 Å². The standard InChI is InChI=1S/C12H13N3OS/c16-11(14-8-5-6-8)7-13-12-15-9-3-1-2-4-10(9)17-12/h1-4,8H,5-7H2,(H,13,15)(H,14,16). The predicted molar refractivity (Wildman–Crippen MR) is 69.3 cm³/mol. The molecule has 1 saturated carbocycles. The number of amides is 1. The van der Waals surface area contributed by atoms with E-state index in [-0.39, 0.29) is 5.91 Å². The van der Waals surface area contributed by atoms with Gasteiger partial charge in [0.1, 0.15) is 0 Å². The maximum absolute atomic E-state index is 11.5. The number of fused-ring (bicyclic) bond motifs is 1. The fraction of sp³-hybridized carbons (Fsp3) is 0.333. The van der Waals surface area contributed by atoms with Crippen LogP contribution in [-0.4, -0.2) is 23.5 Å². The fourth-order valence-electron chi connectivity index (χ4n) is 1.61. The lowest BCUT2D eigenvalue weighted by Crippen LogP contribution is -2.31. The summed E-state index contributed by atoms with van der Waals surface area (Å²) in [4.78, 5) is 15.9. The van der Waals surface area contributed by atoms with Crippen molar-refractivity contribution in [3.05, 3.63) is 24.3 Å². The van der Waals surface area contributed by atoms with Crippen molar-refractivity contribution in [1.82, 2.24) is 10.3 Å². The molecule has 0 atom stereocenters. The molecule has 0 spiro atoms. The SMILES string of the molecule is O=C(CNc1nc2ccccc2s1)NC1CC1. The molecule has 4 nitrogen and oxygen atoms in total. The first kappa shape index (κ1) is 10.5. The zero-order valence-corrected chi connectivity index (χ0v) is 10.1. The molecule has 5 heteroatoms. The van der Waals surface area contributed by atoms with Crippen LogP contribution in [0.3, 0.4) is 0 Å². The van der Waals surface area contributed by atoms with Crippen LogP contribution in [0.4, 0.5) is 5.13 Å². The minimum atomic E-state index is 0.0479. The van der Waals surface area contributed by atoms with Crippen molar-refractivity contribution < 1.29 is 4.79 Å². The first-order valence-electron chi connectivity index (χ1n) is 5.70. The molecule has 0 unspecified atom stereocenters. The average molecular weight is 247 g/mol. The number of carbonyl (C=O) groups is 1. The topological polar surface area (TPSA) is 54.0 Å². The van der Waals surface area contributed by atoms with Crippen LogP contribution in [0, 0.1) is 0 Å². The predicted octanol–water partition coefficient (Wildman–Crippen LogP) is 1.99. The van der Waals surface area contributed by atoms with Crippen LogP contribution in [0.5, 0.6) is 0 Å². The van der Waals surface area contributed by atoms with Crippen molar-refractivity contribution in [3.8, 4) is 0 Å². The summed E-state index contributed by atoms with van der Waals surface area (Å²) in [6.07, 6.45) is 2.24. The number of benzene rings is 1. The van der Waals surface area contributed by atoms with Crippen molar-refractivity contribution in [3.63, 3.8) is 0 Å². The molecular formula is C12H13N3OS. The van der Waals surface area contributed by atoms with Gasteiger partial charge >= 0.3 is 0 Å². The van der Waals surface area contributed by atoms with E-state index in [4.69, 9.17) is 0 Å². The molecule has 1 aliphatic rings. The number of anilines is 1. The number of hydrogen-bond donors (Lipinski definition) is 2. The van der Waals surface area contributed by atoms with E-state index in [0.717, 1.165) is 28.2 Å². The Balaban J connectivity index is 1.61. The first-order valence-corrected chi connectivity index (χ1v) is 6.52. The molecule has 1 aromatic carbocycles. The van der Waals surface area contributed by atoms with E-state index < -0.39 is 0 Å². The largest absolute Gasteiger partial charge is 0.352 e. The maximum Gasteiger partial charge on any atom is 0.239 e. The summed E-state index contributed by atoms with van der Waals surface area (Å²) in [7, 11) is 0. The smallest absolute Gasteiger partial charge is 0.239 e. The highest BCUT2D eigenvalue weighted by Gasteiger charge is 2.22. The van der Waals surface area contributed by atoms with E-state index in [2.05, 4.69) is 15.6 Å². The highest BCUT2D eigenvalue weighted by Crippen LogP contribution is 2.25. The van der Waals surface area contributed by atoms with Crippen LogP contribution in [0.15, 0.2) is 24.3 Å². The van der Waals surface area contributed by atoms with E-state index in [0.29, 0.717) is 12.6 Å². The van der Waals surface area contributed by atoms with E-state index in [1.54, 1.807) is 11.3 Å². The number of hydrogen-bond acceptors (Lipinski definition) is 4. The van der Waals surface area contributed by atoms with Gasteiger partial charge in [-0.25, -0.2) is 4.98 Å². The second-order valence-electron chi connectivity index (χ2n) is 4.18. The molecule has 1 aromatic heterocycles. The number of rotatable bonds is 4. The molecule has 3 rings (SSSR count). The summed E-state index contributed by atoms with van der Waals surface area (Å²) in [5, 5.41) is 6.80. The highest BCUT2D eigenvalue weighted by atomic mass is 32.1. The second-order valence-corrected chi connectivity index (χ2v) is 5.21. The number of carbonyl (C=O) groups excluding carboxylic acids is 1. The van der Waals surface area contributed by atoms with E-state index in [1.807, 2.05) is 24.3 Å². The Morgan fingerprint density at radius 3 is 3.00 bits per heavy atom. The molecule has 1 amide bonds. The Morgan fingerprint density at radius 2 is 2.24 bits per heavy atom. The Kier molecular flexibility index (Phi) is 2.68. The Labute approximate surface area is 103 Å². The molecule has 88 valence electrons. The van der Waals surface area contributed by atoms with Crippen molar-refractivity contribution in [1.29, 1.82) is 0 Å². The number of nitrogens with one attached hydrogen (secondary N) is 2. The molecule has 2 aromatic rings.